The molecule has 32 heavy (non-hydrogen) atoms. The lowest BCUT2D eigenvalue weighted by Crippen LogP contribution is -2.44. The van der Waals surface area contributed by atoms with Crippen LogP contribution in [0, 0.1) is 6.92 Å². The summed E-state index contributed by atoms with van der Waals surface area (Å²) in [6.45, 7) is 5.35. The Kier molecular flexibility index (Phi) is 6.35. The van der Waals surface area contributed by atoms with Crippen molar-refractivity contribution < 1.29 is 9.47 Å². The Morgan fingerprint density at radius 2 is 1.72 bits per heavy atom. The highest BCUT2D eigenvalue weighted by Gasteiger charge is 2.28. The first kappa shape index (κ1) is 21.3. The highest BCUT2D eigenvalue weighted by molar-refractivity contribution is 6.31. The second kappa shape index (κ2) is 9.53. The average Bonchev–Trinajstić information content (AvgIpc) is 3.29. The summed E-state index contributed by atoms with van der Waals surface area (Å²) in [6, 6.07) is 24.0. The summed E-state index contributed by atoms with van der Waals surface area (Å²) in [5, 5.41) is 4.57. The van der Waals surface area contributed by atoms with Crippen molar-refractivity contribution in [1.82, 2.24) is 10.2 Å². The van der Waals surface area contributed by atoms with Crippen LogP contribution in [0.5, 0.6) is 11.5 Å². The molecule has 0 spiro atoms. The third kappa shape index (κ3) is 4.63. The number of piperidine rings is 1. The molecule has 1 saturated heterocycles. The van der Waals surface area contributed by atoms with Gasteiger partial charge in [-0.1, -0.05) is 65.7 Å². The van der Waals surface area contributed by atoms with Gasteiger partial charge < -0.3 is 14.8 Å². The van der Waals surface area contributed by atoms with E-state index in [1.54, 1.807) is 0 Å². The lowest BCUT2D eigenvalue weighted by Gasteiger charge is -2.38. The van der Waals surface area contributed by atoms with Crippen molar-refractivity contribution in [1.29, 1.82) is 0 Å². The molecule has 0 saturated carbocycles. The van der Waals surface area contributed by atoms with E-state index in [9.17, 15) is 0 Å². The van der Waals surface area contributed by atoms with Crippen molar-refractivity contribution in [2.75, 3.05) is 19.9 Å². The standard InChI is InChI=1S/C27H29ClN2O2/c1-19-6-9-21(10-7-19)27(23-4-2-3-5-24(23)28)30-14-12-22(13-15-30)29-17-20-8-11-25-26(16-20)32-18-31-25/h2-11,16,22,27,29H,12-15,17-18H2,1H3. The minimum absolute atomic E-state index is 0.180. The fraction of sp³-hybridized carbons (Fsp3) is 0.333. The summed E-state index contributed by atoms with van der Waals surface area (Å²) < 4.78 is 10.9. The Morgan fingerprint density at radius 3 is 2.50 bits per heavy atom. The Morgan fingerprint density at radius 1 is 0.969 bits per heavy atom. The maximum Gasteiger partial charge on any atom is 0.231 e. The van der Waals surface area contributed by atoms with Crippen LogP contribution in [-0.4, -0.2) is 30.8 Å². The Hall–Kier alpha value is -2.53. The molecule has 1 unspecified atom stereocenters. The number of nitrogens with one attached hydrogen (secondary N) is 1. The van der Waals surface area contributed by atoms with Crippen molar-refractivity contribution in [3.05, 3.63) is 94.0 Å². The molecule has 0 aromatic heterocycles. The second-order valence-electron chi connectivity index (χ2n) is 8.71. The van der Waals surface area contributed by atoms with Crippen LogP contribution < -0.4 is 14.8 Å². The smallest absolute Gasteiger partial charge is 0.231 e. The molecule has 1 N–H and O–H groups in total. The number of aryl methyl sites for hydroxylation is 1. The molecule has 1 fully saturated rings. The molecule has 3 aromatic rings. The number of ether oxygens (including phenoxy) is 2. The molecule has 5 heteroatoms. The van der Waals surface area contributed by atoms with Crippen molar-refractivity contribution in [2.24, 2.45) is 0 Å². The van der Waals surface area contributed by atoms with Gasteiger partial charge in [-0.25, -0.2) is 0 Å². The number of likely N-dealkylation sites (tertiary alicyclic amines) is 1. The molecule has 0 amide bonds. The maximum absolute atomic E-state index is 6.65. The van der Waals surface area contributed by atoms with Crippen molar-refractivity contribution >= 4 is 11.6 Å². The van der Waals surface area contributed by atoms with Crippen LogP contribution in [0.1, 0.15) is 41.1 Å². The molecular weight excluding hydrogens is 420 g/mol. The first-order valence-corrected chi connectivity index (χ1v) is 11.7. The van der Waals surface area contributed by atoms with Crippen LogP contribution in [0.2, 0.25) is 5.02 Å². The van der Waals surface area contributed by atoms with E-state index in [4.69, 9.17) is 21.1 Å². The van der Waals surface area contributed by atoms with E-state index in [0.29, 0.717) is 12.8 Å². The van der Waals surface area contributed by atoms with Crippen LogP contribution in [0.25, 0.3) is 0 Å². The molecule has 1 atom stereocenters. The van der Waals surface area contributed by atoms with Gasteiger partial charge in [0.25, 0.3) is 0 Å². The van der Waals surface area contributed by atoms with Gasteiger partial charge in [0.1, 0.15) is 0 Å². The van der Waals surface area contributed by atoms with Crippen LogP contribution in [-0.2, 0) is 6.54 Å². The predicted molar refractivity (Wildman–Crippen MR) is 128 cm³/mol. The summed E-state index contributed by atoms with van der Waals surface area (Å²) in [7, 11) is 0. The first-order chi connectivity index (χ1) is 15.7. The largest absolute Gasteiger partial charge is 0.454 e. The van der Waals surface area contributed by atoms with E-state index in [1.165, 1.54) is 22.3 Å². The van der Waals surface area contributed by atoms with E-state index in [0.717, 1.165) is 49.0 Å². The molecule has 5 rings (SSSR count). The summed E-state index contributed by atoms with van der Waals surface area (Å²) in [5.41, 5.74) is 4.99. The van der Waals surface area contributed by atoms with Gasteiger partial charge in [-0.05, 0) is 54.7 Å². The maximum atomic E-state index is 6.65. The monoisotopic (exact) mass is 448 g/mol. The predicted octanol–water partition coefficient (Wildman–Crippen LogP) is 5.72. The normalized spacial score (nSPS) is 17.4. The zero-order valence-corrected chi connectivity index (χ0v) is 19.1. The number of benzene rings is 3. The summed E-state index contributed by atoms with van der Waals surface area (Å²) >= 11 is 6.65. The Bertz CT molecular complexity index is 1060. The third-order valence-corrected chi connectivity index (χ3v) is 6.86. The molecular formula is C27H29ClN2O2. The molecule has 2 aliphatic heterocycles. The SMILES string of the molecule is Cc1ccc(C(c2ccccc2Cl)N2CCC(NCc3ccc4c(c3)OCO4)CC2)cc1. The van der Waals surface area contributed by atoms with Gasteiger partial charge in [0, 0.05) is 30.7 Å². The molecule has 2 heterocycles. The molecule has 0 radical (unpaired) electrons. The number of fused-ring (bicyclic) bond motifs is 1. The van der Waals surface area contributed by atoms with Crippen LogP contribution in [0.3, 0.4) is 0 Å². The van der Waals surface area contributed by atoms with E-state index in [2.05, 4.69) is 65.7 Å². The topological polar surface area (TPSA) is 33.7 Å². The average molecular weight is 449 g/mol. The summed E-state index contributed by atoms with van der Waals surface area (Å²) in [5.74, 6) is 1.68. The Labute approximate surface area is 195 Å². The highest BCUT2D eigenvalue weighted by Crippen LogP contribution is 2.35. The van der Waals surface area contributed by atoms with Gasteiger partial charge in [0.2, 0.25) is 6.79 Å². The lowest BCUT2D eigenvalue weighted by atomic mass is 9.93. The zero-order chi connectivity index (χ0) is 21.9. The van der Waals surface area contributed by atoms with Crippen molar-refractivity contribution in [2.45, 2.75) is 38.4 Å². The number of hydrogen-bond donors (Lipinski definition) is 1. The number of hydrogen-bond acceptors (Lipinski definition) is 4. The molecule has 0 bridgehead atoms. The van der Waals surface area contributed by atoms with E-state index >= 15 is 0 Å². The van der Waals surface area contributed by atoms with Crippen LogP contribution in [0.4, 0.5) is 0 Å². The summed E-state index contributed by atoms with van der Waals surface area (Å²) in [4.78, 5) is 2.57. The van der Waals surface area contributed by atoms with Gasteiger partial charge in [-0.2, -0.15) is 0 Å². The van der Waals surface area contributed by atoms with Crippen LogP contribution >= 0.6 is 11.6 Å². The van der Waals surface area contributed by atoms with E-state index < -0.39 is 0 Å². The van der Waals surface area contributed by atoms with Crippen molar-refractivity contribution in [3.8, 4) is 11.5 Å². The van der Waals surface area contributed by atoms with Gasteiger partial charge in [0.15, 0.2) is 11.5 Å². The van der Waals surface area contributed by atoms with E-state index in [1.807, 2.05) is 18.2 Å². The first-order valence-electron chi connectivity index (χ1n) is 11.3. The number of halogens is 1. The molecule has 3 aromatic carbocycles. The second-order valence-corrected chi connectivity index (χ2v) is 9.12. The molecule has 0 aliphatic carbocycles. The fourth-order valence-electron chi connectivity index (χ4n) is 4.71. The van der Waals surface area contributed by atoms with Crippen molar-refractivity contribution in [3.63, 3.8) is 0 Å². The van der Waals surface area contributed by atoms with E-state index in [-0.39, 0.29) is 6.04 Å². The Balaban J connectivity index is 1.25. The number of rotatable bonds is 6. The molecule has 4 nitrogen and oxygen atoms in total. The van der Waals surface area contributed by atoms with Crippen LogP contribution in [0.15, 0.2) is 66.7 Å². The van der Waals surface area contributed by atoms with Gasteiger partial charge in [0.05, 0.1) is 6.04 Å². The minimum Gasteiger partial charge on any atom is -0.454 e. The lowest BCUT2D eigenvalue weighted by molar-refractivity contribution is 0.162. The quantitative estimate of drug-likeness (QED) is 0.522. The fourth-order valence-corrected chi connectivity index (χ4v) is 4.95. The van der Waals surface area contributed by atoms with Gasteiger partial charge in [-0.15, -0.1) is 0 Å². The number of nitrogens with zero attached hydrogens (tertiary/aromatic N) is 1. The third-order valence-electron chi connectivity index (χ3n) is 6.52. The summed E-state index contributed by atoms with van der Waals surface area (Å²) in [6.07, 6.45) is 2.22. The van der Waals surface area contributed by atoms with Gasteiger partial charge >= 0.3 is 0 Å². The van der Waals surface area contributed by atoms with Gasteiger partial charge in [-0.3, -0.25) is 4.90 Å². The molecule has 166 valence electrons. The zero-order valence-electron chi connectivity index (χ0n) is 18.4. The minimum atomic E-state index is 0.180. The molecule has 2 aliphatic rings. The highest BCUT2D eigenvalue weighted by atomic mass is 35.5.